The SMILES string of the molecule is CC=COC(=O)C(Cl)C(C)(C)C. The maximum atomic E-state index is 11.1. The van der Waals surface area contributed by atoms with Crippen LogP contribution in [0.15, 0.2) is 12.3 Å². The van der Waals surface area contributed by atoms with E-state index >= 15 is 0 Å². The van der Waals surface area contributed by atoms with Gasteiger partial charge in [0.2, 0.25) is 0 Å². The van der Waals surface area contributed by atoms with Gasteiger partial charge < -0.3 is 4.74 Å². The fraction of sp³-hybridized carbons (Fsp3) is 0.667. The molecule has 0 aliphatic carbocycles. The molecular weight excluding hydrogens is 176 g/mol. The van der Waals surface area contributed by atoms with Gasteiger partial charge in [-0.3, -0.25) is 4.79 Å². The zero-order valence-electron chi connectivity index (χ0n) is 7.93. The van der Waals surface area contributed by atoms with Crippen LogP contribution in [-0.2, 0) is 9.53 Å². The van der Waals surface area contributed by atoms with Crippen molar-refractivity contribution in [2.45, 2.75) is 33.1 Å². The Morgan fingerprint density at radius 1 is 1.50 bits per heavy atom. The highest BCUT2D eigenvalue weighted by molar-refractivity contribution is 6.30. The zero-order valence-corrected chi connectivity index (χ0v) is 8.68. The summed E-state index contributed by atoms with van der Waals surface area (Å²) in [5.41, 5.74) is -0.264. The largest absolute Gasteiger partial charge is 0.434 e. The number of halogens is 1. The molecule has 2 nitrogen and oxygen atoms in total. The summed E-state index contributed by atoms with van der Waals surface area (Å²) < 4.78 is 4.73. The predicted octanol–water partition coefficient (Wildman–Crippen LogP) is 2.72. The molecule has 0 fully saturated rings. The van der Waals surface area contributed by atoms with Crippen molar-refractivity contribution in [3.8, 4) is 0 Å². The van der Waals surface area contributed by atoms with Crippen LogP contribution in [0.3, 0.4) is 0 Å². The van der Waals surface area contributed by atoms with Crippen molar-refractivity contribution >= 4 is 17.6 Å². The topological polar surface area (TPSA) is 26.3 Å². The molecule has 0 saturated carbocycles. The van der Waals surface area contributed by atoms with Gasteiger partial charge in [0.25, 0.3) is 0 Å². The quantitative estimate of drug-likeness (QED) is 0.380. The summed E-state index contributed by atoms with van der Waals surface area (Å²) in [5.74, 6) is -0.401. The lowest BCUT2D eigenvalue weighted by Gasteiger charge is -2.22. The first kappa shape index (κ1) is 11.5. The number of carbonyl (C=O) groups is 1. The summed E-state index contributed by atoms with van der Waals surface area (Å²) in [6.45, 7) is 7.44. The van der Waals surface area contributed by atoms with Crippen LogP contribution >= 0.6 is 11.6 Å². The number of ether oxygens (including phenoxy) is 1. The molecule has 3 heteroatoms. The van der Waals surface area contributed by atoms with Crippen LogP contribution in [0.2, 0.25) is 0 Å². The normalized spacial score (nSPS) is 14.8. The minimum Gasteiger partial charge on any atom is -0.434 e. The summed E-state index contributed by atoms with van der Waals surface area (Å²) in [4.78, 5) is 11.1. The lowest BCUT2D eigenvalue weighted by Crippen LogP contribution is -2.29. The number of carbonyl (C=O) groups excluding carboxylic acids is 1. The Morgan fingerprint density at radius 3 is 2.33 bits per heavy atom. The van der Waals surface area contributed by atoms with Gasteiger partial charge in [0.1, 0.15) is 5.38 Å². The Kier molecular flexibility index (Phi) is 4.32. The molecule has 0 radical (unpaired) electrons. The number of hydrogen-bond donors (Lipinski definition) is 0. The van der Waals surface area contributed by atoms with Crippen LogP contribution in [0.5, 0.6) is 0 Å². The van der Waals surface area contributed by atoms with Crippen molar-refractivity contribution in [3.05, 3.63) is 12.3 Å². The molecule has 1 unspecified atom stereocenters. The van der Waals surface area contributed by atoms with Gasteiger partial charge in [0, 0.05) is 0 Å². The molecule has 0 N–H and O–H groups in total. The van der Waals surface area contributed by atoms with Gasteiger partial charge in [-0.1, -0.05) is 26.8 Å². The van der Waals surface area contributed by atoms with Crippen molar-refractivity contribution in [2.75, 3.05) is 0 Å². The van der Waals surface area contributed by atoms with Crippen LogP contribution in [0.25, 0.3) is 0 Å². The van der Waals surface area contributed by atoms with E-state index in [4.69, 9.17) is 16.3 Å². The highest BCUT2D eigenvalue weighted by atomic mass is 35.5. The maximum absolute atomic E-state index is 11.1. The third-order valence-corrected chi connectivity index (χ3v) is 2.12. The molecule has 0 amide bonds. The number of rotatable bonds is 2. The number of alkyl halides is 1. The van der Waals surface area contributed by atoms with Crippen LogP contribution in [-0.4, -0.2) is 11.3 Å². The summed E-state index contributed by atoms with van der Waals surface area (Å²) in [5, 5.41) is -0.603. The van der Waals surface area contributed by atoms with E-state index < -0.39 is 11.3 Å². The molecule has 70 valence electrons. The van der Waals surface area contributed by atoms with E-state index in [0.29, 0.717) is 0 Å². The van der Waals surface area contributed by atoms with E-state index in [9.17, 15) is 4.79 Å². The Hall–Kier alpha value is -0.500. The first-order valence-electron chi connectivity index (χ1n) is 3.85. The van der Waals surface area contributed by atoms with Crippen LogP contribution in [0.4, 0.5) is 0 Å². The Balaban J connectivity index is 4.11. The molecule has 12 heavy (non-hydrogen) atoms. The summed E-state index contributed by atoms with van der Waals surface area (Å²) in [6.07, 6.45) is 2.98. The van der Waals surface area contributed by atoms with Crippen LogP contribution in [0.1, 0.15) is 27.7 Å². The van der Waals surface area contributed by atoms with Gasteiger partial charge in [-0.2, -0.15) is 0 Å². The molecule has 0 saturated heterocycles. The van der Waals surface area contributed by atoms with E-state index in [1.165, 1.54) is 6.26 Å². The monoisotopic (exact) mass is 190 g/mol. The van der Waals surface area contributed by atoms with Gasteiger partial charge in [0.15, 0.2) is 0 Å². The molecule has 0 aromatic rings. The fourth-order valence-corrected chi connectivity index (χ4v) is 0.600. The Bertz CT molecular complexity index is 179. The average molecular weight is 191 g/mol. The van der Waals surface area contributed by atoms with Crippen molar-refractivity contribution in [2.24, 2.45) is 5.41 Å². The van der Waals surface area contributed by atoms with Gasteiger partial charge in [-0.05, 0) is 12.3 Å². The number of hydrogen-bond acceptors (Lipinski definition) is 2. The van der Waals surface area contributed by atoms with Crippen molar-refractivity contribution in [3.63, 3.8) is 0 Å². The smallest absolute Gasteiger partial charge is 0.329 e. The highest BCUT2D eigenvalue weighted by Gasteiger charge is 2.30. The molecule has 0 bridgehead atoms. The first-order chi connectivity index (χ1) is 5.39. The standard InChI is InChI=1S/C9H15ClO2/c1-5-6-12-8(11)7(10)9(2,3)4/h5-7H,1-4H3. The Labute approximate surface area is 78.5 Å². The summed E-state index contributed by atoms with van der Waals surface area (Å²) in [7, 11) is 0. The van der Waals surface area contributed by atoms with Crippen molar-refractivity contribution in [1.82, 2.24) is 0 Å². The molecule has 0 aliphatic rings. The Morgan fingerprint density at radius 2 is 2.00 bits per heavy atom. The lowest BCUT2D eigenvalue weighted by molar-refractivity contribution is -0.139. The lowest BCUT2D eigenvalue weighted by atomic mass is 9.92. The van der Waals surface area contributed by atoms with Crippen molar-refractivity contribution in [1.29, 1.82) is 0 Å². The minimum atomic E-state index is -0.603. The van der Waals surface area contributed by atoms with E-state index in [1.807, 2.05) is 20.8 Å². The molecule has 0 aliphatic heterocycles. The fourth-order valence-electron chi connectivity index (χ4n) is 0.548. The summed E-state index contributed by atoms with van der Waals surface area (Å²) >= 11 is 5.83. The average Bonchev–Trinajstić information content (AvgIpc) is 1.97. The molecule has 1 atom stereocenters. The second-order valence-electron chi connectivity index (χ2n) is 3.63. The van der Waals surface area contributed by atoms with Crippen LogP contribution in [0, 0.1) is 5.41 Å². The molecule has 0 spiro atoms. The van der Waals surface area contributed by atoms with Gasteiger partial charge in [-0.15, -0.1) is 11.6 Å². The third kappa shape index (κ3) is 3.77. The van der Waals surface area contributed by atoms with Gasteiger partial charge in [-0.25, -0.2) is 0 Å². The van der Waals surface area contributed by atoms with Crippen LogP contribution < -0.4 is 0 Å². The molecule has 0 rings (SSSR count). The van der Waals surface area contributed by atoms with Gasteiger partial charge >= 0.3 is 5.97 Å². The summed E-state index contributed by atoms with van der Waals surface area (Å²) in [6, 6.07) is 0. The van der Waals surface area contributed by atoms with Crippen molar-refractivity contribution < 1.29 is 9.53 Å². The molecule has 0 aromatic heterocycles. The predicted molar refractivity (Wildman–Crippen MR) is 50.0 cm³/mol. The minimum absolute atomic E-state index is 0.264. The van der Waals surface area contributed by atoms with E-state index in [0.717, 1.165) is 0 Å². The second-order valence-corrected chi connectivity index (χ2v) is 4.07. The maximum Gasteiger partial charge on any atom is 0.329 e. The first-order valence-corrected chi connectivity index (χ1v) is 4.29. The molecule has 0 heterocycles. The number of esters is 1. The highest BCUT2D eigenvalue weighted by Crippen LogP contribution is 2.25. The van der Waals surface area contributed by atoms with E-state index in [-0.39, 0.29) is 5.41 Å². The third-order valence-electron chi connectivity index (χ3n) is 1.29. The van der Waals surface area contributed by atoms with E-state index in [1.54, 1.807) is 13.0 Å². The molecular formula is C9H15ClO2. The second kappa shape index (κ2) is 4.51. The zero-order chi connectivity index (χ0) is 9.78. The van der Waals surface area contributed by atoms with E-state index in [2.05, 4.69) is 0 Å². The van der Waals surface area contributed by atoms with Gasteiger partial charge in [0.05, 0.1) is 6.26 Å². The molecule has 0 aromatic carbocycles. The number of allylic oxidation sites excluding steroid dienone is 1.